The largest absolute Gasteiger partial charge is 0.398 e. The van der Waals surface area contributed by atoms with Crippen LogP contribution in [0.1, 0.15) is 18.4 Å². The summed E-state index contributed by atoms with van der Waals surface area (Å²) in [5.41, 5.74) is 8.17. The summed E-state index contributed by atoms with van der Waals surface area (Å²) in [6, 6.07) is 5.51. The summed E-state index contributed by atoms with van der Waals surface area (Å²) in [7, 11) is 0. The van der Waals surface area contributed by atoms with Crippen LogP contribution < -0.4 is 11.1 Å². The van der Waals surface area contributed by atoms with Crippen molar-refractivity contribution < 1.29 is 4.79 Å². The summed E-state index contributed by atoms with van der Waals surface area (Å²) in [5.74, 6) is -0.00933. The lowest BCUT2D eigenvalue weighted by atomic mass is 10.1. The number of carbonyl (C=O) groups excluding carboxylic acids is 1. The lowest BCUT2D eigenvalue weighted by molar-refractivity contribution is -0.116. The summed E-state index contributed by atoms with van der Waals surface area (Å²) >= 11 is 3.34. The Hall–Kier alpha value is -1.82. The molecule has 0 bridgehead atoms. The van der Waals surface area contributed by atoms with Crippen LogP contribution in [0.2, 0.25) is 0 Å². The van der Waals surface area contributed by atoms with Crippen molar-refractivity contribution in [2.45, 2.75) is 26.3 Å². The van der Waals surface area contributed by atoms with Crippen LogP contribution in [0.15, 0.2) is 35.1 Å². The van der Waals surface area contributed by atoms with Gasteiger partial charge in [-0.3, -0.25) is 9.48 Å². The average Bonchev–Trinajstić information content (AvgIpc) is 2.81. The molecule has 0 saturated heterocycles. The number of carbonyl (C=O) groups is 1. The molecule has 1 aromatic heterocycles. The Morgan fingerprint density at radius 2 is 2.30 bits per heavy atom. The first kappa shape index (κ1) is 14.6. The summed E-state index contributed by atoms with van der Waals surface area (Å²) in [4.78, 5) is 11.9. The number of nitrogens with two attached hydrogens (primary N) is 1. The minimum absolute atomic E-state index is 0.00933. The molecule has 0 fully saturated rings. The fourth-order valence-electron chi connectivity index (χ4n) is 1.86. The number of amides is 1. The normalized spacial score (nSPS) is 10.5. The predicted octanol–water partition coefficient (Wildman–Crippen LogP) is 2.96. The van der Waals surface area contributed by atoms with E-state index in [0.29, 0.717) is 12.1 Å². The van der Waals surface area contributed by atoms with Gasteiger partial charge in [0.15, 0.2) is 0 Å². The molecule has 0 aliphatic rings. The summed E-state index contributed by atoms with van der Waals surface area (Å²) in [6.45, 7) is 2.61. The first-order chi connectivity index (χ1) is 9.56. The van der Waals surface area contributed by atoms with E-state index in [0.717, 1.165) is 28.7 Å². The van der Waals surface area contributed by atoms with E-state index in [-0.39, 0.29) is 5.91 Å². The lowest BCUT2D eigenvalue weighted by Gasteiger charge is -2.10. The predicted molar refractivity (Wildman–Crippen MR) is 83.4 cm³/mol. The second-order valence-corrected chi connectivity index (χ2v) is 5.51. The molecular formula is C14H17BrN4O. The van der Waals surface area contributed by atoms with Gasteiger partial charge in [0, 0.05) is 30.5 Å². The van der Waals surface area contributed by atoms with Crippen LogP contribution in [0.3, 0.4) is 0 Å². The topological polar surface area (TPSA) is 72.9 Å². The summed E-state index contributed by atoms with van der Waals surface area (Å²) in [6.07, 6.45) is 4.81. The van der Waals surface area contributed by atoms with E-state index in [4.69, 9.17) is 5.73 Å². The third-order valence-electron chi connectivity index (χ3n) is 3.04. The Labute approximate surface area is 126 Å². The van der Waals surface area contributed by atoms with Crippen molar-refractivity contribution in [3.8, 4) is 0 Å². The number of anilines is 2. The molecular weight excluding hydrogens is 320 g/mol. The molecule has 0 unspecified atom stereocenters. The lowest BCUT2D eigenvalue weighted by Crippen LogP contribution is -2.13. The zero-order valence-corrected chi connectivity index (χ0v) is 12.9. The second-order valence-electron chi connectivity index (χ2n) is 4.59. The fourth-order valence-corrected chi connectivity index (χ4v) is 2.19. The SMILES string of the molecule is Cc1c(N)cccc1NC(=O)CCCn1cc(Br)cn1. The van der Waals surface area contributed by atoms with E-state index in [2.05, 4.69) is 26.3 Å². The number of hydrogen-bond donors (Lipinski definition) is 2. The molecule has 0 aliphatic heterocycles. The van der Waals surface area contributed by atoms with Crippen LogP contribution in [0, 0.1) is 6.92 Å². The van der Waals surface area contributed by atoms with E-state index in [1.807, 2.05) is 36.0 Å². The second kappa shape index (κ2) is 6.56. The minimum Gasteiger partial charge on any atom is -0.398 e. The van der Waals surface area contributed by atoms with E-state index in [1.165, 1.54) is 0 Å². The highest BCUT2D eigenvalue weighted by Crippen LogP contribution is 2.20. The van der Waals surface area contributed by atoms with E-state index in [9.17, 15) is 4.79 Å². The third kappa shape index (κ3) is 3.84. The molecule has 2 rings (SSSR count). The molecule has 0 saturated carbocycles. The highest BCUT2D eigenvalue weighted by molar-refractivity contribution is 9.10. The Balaban J connectivity index is 1.82. The van der Waals surface area contributed by atoms with Gasteiger partial charge in [-0.05, 0) is 47.0 Å². The minimum atomic E-state index is -0.00933. The molecule has 1 amide bonds. The van der Waals surface area contributed by atoms with Gasteiger partial charge in [0.1, 0.15) is 0 Å². The number of aromatic nitrogens is 2. The van der Waals surface area contributed by atoms with E-state index in [1.54, 1.807) is 6.20 Å². The molecule has 0 radical (unpaired) electrons. The van der Waals surface area contributed by atoms with Gasteiger partial charge in [-0.2, -0.15) is 5.10 Å². The third-order valence-corrected chi connectivity index (χ3v) is 3.45. The number of hydrogen-bond acceptors (Lipinski definition) is 3. The Morgan fingerprint density at radius 1 is 1.50 bits per heavy atom. The van der Waals surface area contributed by atoms with Crippen molar-refractivity contribution in [1.29, 1.82) is 0 Å². The molecule has 2 aromatic rings. The van der Waals surface area contributed by atoms with Gasteiger partial charge in [0.25, 0.3) is 0 Å². The standard InChI is InChI=1S/C14H17BrN4O/c1-10-12(16)4-2-5-13(10)18-14(20)6-3-7-19-9-11(15)8-17-19/h2,4-5,8-9H,3,6-7,16H2,1H3,(H,18,20). The van der Waals surface area contributed by atoms with Crippen molar-refractivity contribution in [3.63, 3.8) is 0 Å². The van der Waals surface area contributed by atoms with Crippen molar-refractivity contribution in [2.24, 2.45) is 0 Å². The number of aryl methyl sites for hydroxylation is 1. The first-order valence-electron chi connectivity index (χ1n) is 6.39. The van der Waals surface area contributed by atoms with Gasteiger partial charge in [0.05, 0.1) is 10.7 Å². The van der Waals surface area contributed by atoms with Crippen LogP contribution >= 0.6 is 15.9 Å². The molecule has 0 atom stereocenters. The molecule has 20 heavy (non-hydrogen) atoms. The van der Waals surface area contributed by atoms with Gasteiger partial charge >= 0.3 is 0 Å². The maximum atomic E-state index is 11.9. The van der Waals surface area contributed by atoms with Gasteiger partial charge in [-0.25, -0.2) is 0 Å². The molecule has 0 spiro atoms. The maximum Gasteiger partial charge on any atom is 0.224 e. The smallest absolute Gasteiger partial charge is 0.224 e. The zero-order chi connectivity index (χ0) is 14.5. The van der Waals surface area contributed by atoms with Crippen molar-refractivity contribution in [2.75, 3.05) is 11.1 Å². The van der Waals surface area contributed by atoms with Crippen LogP contribution in [0.25, 0.3) is 0 Å². The average molecular weight is 337 g/mol. The highest BCUT2D eigenvalue weighted by Gasteiger charge is 2.06. The number of benzene rings is 1. The molecule has 6 heteroatoms. The number of nitrogens with zero attached hydrogens (tertiary/aromatic N) is 2. The van der Waals surface area contributed by atoms with Crippen LogP contribution in [0.4, 0.5) is 11.4 Å². The summed E-state index contributed by atoms with van der Waals surface area (Å²) in [5, 5.41) is 7.03. The number of halogens is 1. The van der Waals surface area contributed by atoms with Crippen molar-refractivity contribution in [3.05, 3.63) is 40.6 Å². The molecule has 106 valence electrons. The van der Waals surface area contributed by atoms with Gasteiger partial charge in [-0.15, -0.1) is 0 Å². The van der Waals surface area contributed by atoms with Crippen molar-refractivity contribution in [1.82, 2.24) is 9.78 Å². The Bertz CT molecular complexity index is 609. The molecule has 3 N–H and O–H groups in total. The molecule has 0 aliphatic carbocycles. The number of rotatable bonds is 5. The zero-order valence-electron chi connectivity index (χ0n) is 11.3. The quantitative estimate of drug-likeness (QED) is 0.824. The van der Waals surface area contributed by atoms with Gasteiger partial charge in [-0.1, -0.05) is 6.07 Å². The molecule has 5 nitrogen and oxygen atoms in total. The molecule has 1 aromatic carbocycles. The van der Waals surface area contributed by atoms with Crippen LogP contribution in [0.5, 0.6) is 0 Å². The first-order valence-corrected chi connectivity index (χ1v) is 7.18. The number of nitrogen functional groups attached to an aromatic ring is 1. The van der Waals surface area contributed by atoms with Crippen LogP contribution in [-0.4, -0.2) is 15.7 Å². The number of nitrogens with one attached hydrogen (secondary N) is 1. The van der Waals surface area contributed by atoms with Crippen LogP contribution in [-0.2, 0) is 11.3 Å². The van der Waals surface area contributed by atoms with Gasteiger partial charge < -0.3 is 11.1 Å². The van der Waals surface area contributed by atoms with Gasteiger partial charge in [0.2, 0.25) is 5.91 Å². The monoisotopic (exact) mass is 336 g/mol. The molecule has 1 heterocycles. The Morgan fingerprint density at radius 3 is 3.00 bits per heavy atom. The van der Waals surface area contributed by atoms with E-state index >= 15 is 0 Å². The fraction of sp³-hybridized carbons (Fsp3) is 0.286. The summed E-state index contributed by atoms with van der Waals surface area (Å²) < 4.78 is 2.75. The Kier molecular flexibility index (Phi) is 4.79. The highest BCUT2D eigenvalue weighted by atomic mass is 79.9. The van der Waals surface area contributed by atoms with Crippen molar-refractivity contribution >= 4 is 33.2 Å². The maximum absolute atomic E-state index is 11.9. The van der Waals surface area contributed by atoms with E-state index < -0.39 is 0 Å².